The Morgan fingerprint density at radius 2 is 1.69 bits per heavy atom. The number of carbonyl (C=O) groups is 2. The second kappa shape index (κ2) is 10.3. The minimum absolute atomic E-state index is 0. The molecule has 2 aliphatic rings. The summed E-state index contributed by atoms with van der Waals surface area (Å²) in [7, 11) is -2.34. The average molecular weight is 501 g/mol. The lowest BCUT2D eigenvalue weighted by atomic mass is 9.97. The lowest BCUT2D eigenvalue weighted by molar-refractivity contribution is -0.116. The van der Waals surface area contributed by atoms with E-state index in [1.807, 2.05) is 18.2 Å². The number of allylic oxidation sites excluding steroid dienone is 3. The Bertz CT molecular complexity index is 1370. The Labute approximate surface area is 206 Å². The van der Waals surface area contributed by atoms with Crippen LogP contribution < -0.4 is 10.6 Å². The molecule has 0 radical (unpaired) electrons. The topological polar surface area (TPSA) is 102 Å². The Kier molecular flexibility index (Phi) is 7.16. The Hall–Kier alpha value is -3.72. The highest BCUT2D eigenvalue weighted by atomic mass is 32.2. The molecule has 7 nitrogen and oxygen atoms in total. The van der Waals surface area contributed by atoms with Crippen molar-refractivity contribution in [3.63, 3.8) is 0 Å². The first-order valence-corrected chi connectivity index (χ1v) is 12.7. The number of carbonyl (C=O) groups excluding carboxylic acids is 2. The zero-order valence-corrected chi connectivity index (χ0v) is 20.0. The van der Waals surface area contributed by atoms with Gasteiger partial charge in [0.1, 0.15) is 16.5 Å². The van der Waals surface area contributed by atoms with E-state index in [0.717, 1.165) is 47.9 Å². The number of amides is 2. The molecule has 35 heavy (non-hydrogen) atoms. The van der Waals surface area contributed by atoms with Gasteiger partial charge in [0.15, 0.2) is 0 Å². The van der Waals surface area contributed by atoms with Crippen molar-refractivity contribution in [2.24, 2.45) is 0 Å². The molecule has 1 aliphatic heterocycles. The molecule has 0 bridgehead atoms. The number of halogens is 1. The van der Waals surface area contributed by atoms with Crippen molar-refractivity contribution in [2.45, 2.75) is 24.2 Å². The molecule has 2 N–H and O–H groups in total. The van der Waals surface area contributed by atoms with E-state index in [1.54, 1.807) is 19.2 Å². The minimum atomic E-state index is -3.97. The highest BCUT2D eigenvalue weighted by Crippen LogP contribution is 2.33. The SMILES string of the molecule is COC1=CCCC=C1c1ccc(C(=O)NCCCNC(=O)C2=Cc3cc(F)ccc3S2(=O)=O)cc1.[HH].[HH]. The molecular formula is C26H29FN2O5S. The van der Waals surface area contributed by atoms with E-state index in [1.165, 1.54) is 6.08 Å². The number of fused-ring (bicyclic) bond motifs is 1. The van der Waals surface area contributed by atoms with Crippen LogP contribution in [0.2, 0.25) is 0 Å². The second-order valence-electron chi connectivity index (χ2n) is 8.10. The van der Waals surface area contributed by atoms with Gasteiger partial charge in [0.2, 0.25) is 9.84 Å². The van der Waals surface area contributed by atoms with Gasteiger partial charge in [-0.05, 0) is 72.9 Å². The Morgan fingerprint density at radius 3 is 2.40 bits per heavy atom. The number of nitrogens with one attached hydrogen (secondary N) is 2. The summed E-state index contributed by atoms with van der Waals surface area (Å²) in [6.45, 7) is 0.454. The largest absolute Gasteiger partial charge is 0.496 e. The molecule has 2 aromatic carbocycles. The fourth-order valence-corrected chi connectivity index (χ4v) is 5.50. The van der Waals surface area contributed by atoms with Gasteiger partial charge in [0.05, 0.1) is 12.0 Å². The number of benzene rings is 2. The maximum absolute atomic E-state index is 13.4. The van der Waals surface area contributed by atoms with Crippen LogP contribution in [0.1, 0.15) is 43.6 Å². The average Bonchev–Trinajstić information content (AvgIpc) is 3.13. The highest BCUT2D eigenvalue weighted by Gasteiger charge is 2.34. The number of sulfone groups is 1. The number of hydrogen-bond donors (Lipinski definition) is 2. The zero-order chi connectivity index (χ0) is 25.0. The third-order valence-electron chi connectivity index (χ3n) is 5.77. The van der Waals surface area contributed by atoms with E-state index in [9.17, 15) is 22.4 Å². The molecule has 9 heteroatoms. The van der Waals surface area contributed by atoms with Crippen LogP contribution in [0.4, 0.5) is 4.39 Å². The van der Waals surface area contributed by atoms with Crippen LogP contribution in [0.15, 0.2) is 70.2 Å². The van der Waals surface area contributed by atoms with Gasteiger partial charge in [-0.25, -0.2) is 12.8 Å². The number of methoxy groups -OCH3 is 1. The maximum Gasteiger partial charge on any atom is 0.263 e. The normalized spacial score (nSPS) is 15.9. The van der Waals surface area contributed by atoms with Crippen LogP contribution in [0.25, 0.3) is 11.6 Å². The Morgan fingerprint density at radius 1 is 1.00 bits per heavy atom. The minimum Gasteiger partial charge on any atom is -0.496 e. The molecule has 0 atom stereocenters. The summed E-state index contributed by atoms with van der Waals surface area (Å²) in [6.07, 6.45) is 7.62. The molecule has 4 rings (SSSR count). The molecule has 0 spiro atoms. The monoisotopic (exact) mass is 500 g/mol. The van der Waals surface area contributed by atoms with Crippen molar-refractivity contribution in [2.75, 3.05) is 20.2 Å². The standard InChI is InChI=1S/C26H25FN2O5S.2H2/c1-34-22-6-3-2-5-21(22)17-7-9-18(10-8-17)25(30)28-13-4-14-29-26(31)24-16-19-15-20(27)11-12-23(19)35(24,32)33;;/h5-12,15-16H,2-4,13-14H2,1H3,(H,28,30)(H,29,31);2*1H. The fraction of sp³-hybridized carbons (Fsp3) is 0.231. The van der Waals surface area contributed by atoms with Crippen LogP contribution in [0, 0.1) is 5.82 Å². The molecule has 0 fully saturated rings. The van der Waals surface area contributed by atoms with Crippen molar-refractivity contribution in [1.29, 1.82) is 0 Å². The van der Waals surface area contributed by atoms with Crippen molar-refractivity contribution in [1.82, 2.24) is 10.6 Å². The van der Waals surface area contributed by atoms with Gasteiger partial charge in [0, 0.05) is 27.1 Å². The molecule has 186 valence electrons. The molecule has 2 aromatic rings. The predicted molar refractivity (Wildman–Crippen MR) is 134 cm³/mol. The van der Waals surface area contributed by atoms with Crippen LogP contribution in [0.5, 0.6) is 0 Å². The van der Waals surface area contributed by atoms with E-state index < -0.39 is 26.5 Å². The summed E-state index contributed by atoms with van der Waals surface area (Å²) < 4.78 is 43.8. The summed E-state index contributed by atoms with van der Waals surface area (Å²) in [6, 6.07) is 10.5. The lowest BCUT2D eigenvalue weighted by Gasteiger charge is -2.15. The van der Waals surface area contributed by atoms with E-state index in [4.69, 9.17) is 4.74 Å². The van der Waals surface area contributed by atoms with Gasteiger partial charge in [-0.3, -0.25) is 9.59 Å². The number of hydrogen-bond acceptors (Lipinski definition) is 5. The molecule has 0 aromatic heterocycles. The van der Waals surface area contributed by atoms with Gasteiger partial charge in [-0.15, -0.1) is 0 Å². The van der Waals surface area contributed by atoms with E-state index in [-0.39, 0.29) is 25.8 Å². The number of rotatable bonds is 8. The first-order chi connectivity index (χ1) is 16.8. The Balaban J connectivity index is 0.00000241. The molecule has 2 amide bonds. The van der Waals surface area contributed by atoms with Gasteiger partial charge < -0.3 is 15.4 Å². The van der Waals surface area contributed by atoms with Crippen LogP contribution in [0.3, 0.4) is 0 Å². The van der Waals surface area contributed by atoms with Crippen molar-refractivity contribution >= 4 is 33.3 Å². The van der Waals surface area contributed by atoms with Crippen LogP contribution >= 0.6 is 0 Å². The van der Waals surface area contributed by atoms with E-state index >= 15 is 0 Å². The summed E-state index contributed by atoms with van der Waals surface area (Å²) in [5.74, 6) is -0.760. The smallest absolute Gasteiger partial charge is 0.263 e. The highest BCUT2D eigenvalue weighted by molar-refractivity contribution is 7.96. The molecule has 0 saturated carbocycles. The molecule has 0 unspecified atom stereocenters. The third-order valence-corrected chi connectivity index (χ3v) is 7.61. The third kappa shape index (κ3) is 5.19. The first kappa shape index (κ1) is 24.4. The number of ether oxygens (including phenoxy) is 1. The molecule has 0 saturated heterocycles. The first-order valence-electron chi connectivity index (χ1n) is 11.2. The van der Waals surface area contributed by atoms with Gasteiger partial charge >= 0.3 is 0 Å². The summed E-state index contributed by atoms with van der Waals surface area (Å²) in [5.41, 5.74) is 2.64. The van der Waals surface area contributed by atoms with Crippen LogP contribution in [-0.2, 0) is 19.4 Å². The maximum atomic E-state index is 13.4. The van der Waals surface area contributed by atoms with Gasteiger partial charge in [-0.1, -0.05) is 18.2 Å². The fourth-order valence-electron chi connectivity index (χ4n) is 3.99. The van der Waals surface area contributed by atoms with E-state index in [2.05, 4.69) is 16.7 Å². The summed E-state index contributed by atoms with van der Waals surface area (Å²) in [5, 5.41) is 5.32. The molecule has 1 heterocycles. The quantitative estimate of drug-likeness (QED) is 0.420. The van der Waals surface area contributed by atoms with Crippen molar-refractivity contribution < 1.29 is 30.0 Å². The molecular weight excluding hydrogens is 471 g/mol. The summed E-state index contributed by atoms with van der Waals surface area (Å²) >= 11 is 0. The van der Waals surface area contributed by atoms with E-state index in [0.29, 0.717) is 18.5 Å². The van der Waals surface area contributed by atoms with Crippen molar-refractivity contribution in [3.05, 3.63) is 87.8 Å². The van der Waals surface area contributed by atoms with Gasteiger partial charge in [-0.2, -0.15) is 0 Å². The van der Waals surface area contributed by atoms with Gasteiger partial charge in [0.25, 0.3) is 11.8 Å². The van der Waals surface area contributed by atoms with Crippen LogP contribution in [-0.4, -0.2) is 40.4 Å². The molecule has 1 aliphatic carbocycles. The zero-order valence-electron chi connectivity index (χ0n) is 19.1. The summed E-state index contributed by atoms with van der Waals surface area (Å²) in [4.78, 5) is 24.3. The predicted octanol–water partition coefficient (Wildman–Crippen LogP) is 4.09. The second-order valence-corrected chi connectivity index (χ2v) is 9.99. The van der Waals surface area contributed by atoms with Crippen molar-refractivity contribution in [3.8, 4) is 0 Å². The lowest BCUT2D eigenvalue weighted by Crippen LogP contribution is -2.31.